The van der Waals surface area contributed by atoms with Crippen LogP contribution in [0.15, 0.2) is 54.6 Å². The van der Waals surface area contributed by atoms with E-state index in [2.05, 4.69) is 0 Å². The highest BCUT2D eigenvalue weighted by molar-refractivity contribution is 6.12. The molecule has 0 saturated heterocycles. The van der Waals surface area contributed by atoms with Gasteiger partial charge >= 0.3 is 0 Å². The van der Waals surface area contributed by atoms with Gasteiger partial charge in [-0.15, -0.1) is 0 Å². The van der Waals surface area contributed by atoms with Crippen molar-refractivity contribution in [2.45, 2.75) is 31.2 Å². The summed E-state index contributed by atoms with van der Waals surface area (Å²) < 4.78 is 5.84. The molecule has 2 N–H and O–H groups in total. The Labute approximate surface area is 150 Å². The summed E-state index contributed by atoms with van der Waals surface area (Å²) in [5.41, 5.74) is -0.188. The molecule has 130 valence electrons. The van der Waals surface area contributed by atoms with Crippen molar-refractivity contribution in [3.05, 3.63) is 76.9 Å². The third-order valence-corrected chi connectivity index (χ3v) is 5.63. The van der Waals surface area contributed by atoms with Crippen LogP contribution < -0.4 is 4.74 Å². The molecule has 1 aliphatic carbocycles. The molecule has 1 heterocycles. The SMILES string of the molecule is CC(C)c1ccc2c(c1)O[C@@]1(O)c3cc4ccccc4cc3C(=O)[C@@]21O. The van der Waals surface area contributed by atoms with Gasteiger partial charge in [-0.3, -0.25) is 4.79 Å². The number of aliphatic hydroxyl groups is 2. The van der Waals surface area contributed by atoms with Crippen molar-refractivity contribution < 1.29 is 19.7 Å². The van der Waals surface area contributed by atoms with Gasteiger partial charge in [0.05, 0.1) is 0 Å². The molecule has 0 fully saturated rings. The first-order valence-electron chi connectivity index (χ1n) is 8.72. The quantitative estimate of drug-likeness (QED) is 0.707. The molecule has 0 unspecified atom stereocenters. The summed E-state index contributed by atoms with van der Waals surface area (Å²) in [6.07, 6.45) is 0. The standard InChI is InChI=1S/C22H18O4/c1-12(2)13-7-8-17-19(11-13)26-22(25)18-10-15-6-4-3-5-14(15)9-16(18)20(23)21(17,22)24/h3-12,24-25H,1-2H3/t21-,22-/m0/s1. The minimum absolute atomic E-state index is 0.264. The molecule has 3 aromatic rings. The van der Waals surface area contributed by atoms with Gasteiger partial charge in [0.25, 0.3) is 5.79 Å². The van der Waals surface area contributed by atoms with Gasteiger partial charge in [0, 0.05) is 16.7 Å². The zero-order valence-electron chi connectivity index (χ0n) is 14.5. The molecule has 1 aliphatic heterocycles. The minimum atomic E-state index is -2.13. The van der Waals surface area contributed by atoms with Crippen molar-refractivity contribution in [3.8, 4) is 5.75 Å². The Morgan fingerprint density at radius 2 is 1.62 bits per heavy atom. The van der Waals surface area contributed by atoms with Crippen molar-refractivity contribution in [2.75, 3.05) is 0 Å². The molecule has 0 spiro atoms. The summed E-state index contributed by atoms with van der Waals surface area (Å²) in [6, 6.07) is 16.4. The van der Waals surface area contributed by atoms with Crippen LogP contribution in [0, 0.1) is 0 Å². The summed E-state index contributed by atoms with van der Waals surface area (Å²) in [5.74, 6) is -2.02. The van der Waals surface area contributed by atoms with Gasteiger partial charge in [-0.05, 0) is 40.5 Å². The van der Waals surface area contributed by atoms with Crippen LogP contribution in [0.3, 0.4) is 0 Å². The fourth-order valence-corrected chi connectivity index (χ4v) is 4.13. The van der Waals surface area contributed by atoms with E-state index in [0.29, 0.717) is 22.4 Å². The van der Waals surface area contributed by atoms with Crippen molar-refractivity contribution in [2.24, 2.45) is 0 Å². The smallest absolute Gasteiger partial charge is 0.276 e. The van der Waals surface area contributed by atoms with Crippen molar-refractivity contribution >= 4 is 16.6 Å². The molecule has 0 aromatic heterocycles. The zero-order chi connectivity index (χ0) is 18.3. The topological polar surface area (TPSA) is 66.8 Å². The number of ether oxygens (including phenoxy) is 1. The van der Waals surface area contributed by atoms with Crippen LogP contribution >= 0.6 is 0 Å². The predicted octanol–water partition coefficient (Wildman–Crippen LogP) is 3.58. The van der Waals surface area contributed by atoms with E-state index in [1.54, 1.807) is 24.3 Å². The van der Waals surface area contributed by atoms with Crippen LogP contribution in [0.5, 0.6) is 5.75 Å². The van der Waals surface area contributed by atoms with Gasteiger partial charge in [0.1, 0.15) is 5.75 Å². The maximum atomic E-state index is 13.1. The number of carbonyl (C=O) groups is 1. The summed E-state index contributed by atoms with van der Waals surface area (Å²) >= 11 is 0. The Kier molecular flexibility index (Phi) is 2.83. The number of hydrogen-bond acceptors (Lipinski definition) is 4. The largest absolute Gasteiger partial charge is 0.454 e. The second-order valence-electron chi connectivity index (χ2n) is 7.44. The lowest BCUT2D eigenvalue weighted by molar-refractivity contribution is -0.224. The highest BCUT2D eigenvalue weighted by Crippen LogP contribution is 2.58. The fraction of sp³-hybridized carbons (Fsp3) is 0.227. The molecule has 0 radical (unpaired) electrons. The fourth-order valence-electron chi connectivity index (χ4n) is 4.13. The average Bonchev–Trinajstić information content (AvgIpc) is 2.96. The first kappa shape index (κ1) is 15.6. The third-order valence-electron chi connectivity index (χ3n) is 5.63. The lowest BCUT2D eigenvalue weighted by atomic mass is 9.86. The molecule has 0 saturated carbocycles. The lowest BCUT2D eigenvalue weighted by Crippen LogP contribution is -2.48. The lowest BCUT2D eigenvalue weighted by Gasteiger charge is -2.28. The van der Waals surface area contributed by atoms with Crippen LogP contribution in [-0.4, -0.2) is 16.0 Å². The average molecular weight is 346 g/mol. The van der Waals surface area contributed by atoms with Crippen LogP contribution in [-0.2, 0) is 11.4 Å². The molecular weight excluding hydrogens is 328 g/mol. The molecule has 26 heavy (non-hydrogen) atoms. The molecule has 0 bridgehead atoms. The van der Waals surface area contributed by atoms with Crippen LogP contribution in [0.2, 0.25) is 0 Å². The summed E-state index contributed by atoms with van der Waals surface area (Å²) in [4.78, 5) is 13.1. The molecular formula is C22H18O4. The first-order valence-corrected chi connectivity index (χ1v) is 8.72. The zero-order valence-corrected chi connectivity index (χ0v) is 14.5. The number of carbonyl (C=O) groups excluding carboxylic acids is 1. The molecule has 2 aliphatic rings. The number of fused-ring (bicyclic) bond motifs is 6. The van der Waals surface area contributed by atoms with Crippen LogP contribution in [0.1, 0.15) is 46.8 Å². The monoisotopic (exact) mass is 346 g/mol. The number of hydrogen-bond donors (Lipinski definition) is 2. The molecule has 3 aromatic carbocycles. The highest BCUT2D eigenvalue weighted by Gasteiger charge is 2.70. The summed E-state index contributed by atoms with van der Waals surface area (Å²) in [7, 11) is 0. The van der Waals surface area contributed by atoms with Gasteiger partial charge < -0.3 is 14.9 Å². The van der Waals surface area contributed by atoms with E-state index in [1.807, 2.05) is 44.2 Å². The third kappa shape index (κ3) is 1.64. The Bertz CT molecular complexity index is 1100. The van der Waals surface area contributed by atoms with Crippen LogP contribution in [0.4, 0.5) is 0 Å². The van der Waals surface area contributed by atoms with E-state index in [1.165, 1.54) is 0 Å². The van der Waals surface area contributed by atoms with Gasteiger partial charge in [0.15, 0.2) is 0 Å². The van der Waals surface area contributed by atoms with Crippen molar-refractivity contribution in [3.63, 3.8) is 0 Å². The van der Waals surface area contributed by atoms with E-state index < -0.39 is 17.2 Å². The highest BCUT2D eigenvalue weighted by atomic mass is 16.7. The predicted molar refractivity (Wildman–Crippen MR) is 97.2 cm³/mol. The number of benzene rings is 3. The van der Waals surface area contributed by atoms with Crippen LogP contribution in [0.25, 0.3) is 10.8 Å². The van der Waals surface area contributed by atoms with Gasteiger partial charge in [-0.25, -0.2) is 0 Å². The minimum Gasteiger partial charge on any atom is -0.454 e. The molecule has 2 atom stereocenters. The van der Waals surface area contributed by atoms with E-state index in [9.17, 15) is 15.0 Å². The Morgan fingerprint density at radius 1 is 0.923 bits per heavy atom. The number of Topliss-reactive ketones (excluding diaryl/α,β-unsaturated/α-hetero) is 1. The van der Waals surface area contributed by atoms with Gasteiger partial charge in [0.2, 0.25) is 11.4 Å². The molecule has 5 rings (SSSR count). The van der Waals surface area contributed by atoms with E-state index in [4.69, 9.17) is 4.74 Å². The maximum absolute atomic E-state index is 13.1. The first-order chi connectivity index (χ1) is 12.4. The summed E-state index contributed by atoms with van der Waals surface area (Å²) in [5, 5.41) is 24.4. The van der Waals surface area contributed by atoms with E-state index in [-0.39, 0.29) is 5.92 Å². The second-order valence-corrected chi connectivity index (χ2v) is 7.44. The van der Waals surface area contributed by atoms with Crippen molar-refractivity contribution in [1.82, 2.24) is 0 Å². The number of rotatable bonds is 1. The molecule has 0 amide bonds. The molecule has 4 nitrogen and oxygen atoms in total. The van der Waals surface area contributed by atoms with Gasteiger partial charge in [-0.1, -0.05) is 50.2 Å². The summed E-state index contributed by atoms with van der Waals surface area (Å²) in [6.45, 7) is 4.10. The number of ketones is 1. The van der Waals surface area contributed by atoms with Gasteiger partial charge in [-0.2, -0.15) is 0 Å². The Hall–Kier alpha value is -2.69. The molecule has 4 heteroatoms. The second kappa shape index (κ2) is 4.72. The van der Waals surface area contributed by atoms with E-state index in [0.717, 1.165) is 16.3 Å². The maximum Gasteiger partial charge on any atom is 0.276 e. The van der Waals surface area contributed by atoms with Crippen molar-refractivity contribution in [1.29, 1.82) is 0 Å². The van der Waals surface area contributed by atoms with E-state index >= 15 is 0 Å². The normalized spacial score (nSPS) is 26.0. The Balaban J connectivity index is 1.77. The Morgan fingerprint density at radius 3 is 2.31 bits per heavy atom.